The van der Waals surface area contributed by atoms with E-state index < -0.39 is 11.4 Å². The van der Waals surface area contributed by atoms with E-state index in [1.807, 2.05) is 23.9 Å². The van der Waals surface area contributed by atoms with Crippen LogP contribution in [0.1, 0.15) is 49.1 Å². The molecule has 1 aromatic carbocycles. The molecule has 1 aliphatic heterocycles. The van der Waals surface area contributed by atoms with Crippen LogP contribution in [-0.2, 0) is 10.2 Å². The first-order valence-corrected chi connectivity index (χ1v) is 8.78. The van der Waals surface area contributed by atoms with Crippen LogP contribution >= 0.6 is 23.4 Å². The molecule has 1 unspecified atom stereocenters. The molecule has 2 aliphatic rings. The molecule has 1 saturated heterocycles. The Morgan fingerprint density at radius 2 is 2.10 bits per heavy atom. The molecule has 20 heavy (non-hydrogen) atoms. The minimum Gasteiger partial charge on any atom is -0.481 e. The van der Waals surface area contributed by atoms with Gasteiger partial charge in [0.1, 0.15) is 0 Å². The van der Waals surface area contributed by atoms with Crippen LogP contribution in [0.4, 0.5) is 0 Å². The lowest BCUT2D eigenvalue weighted by atomic mass is 9.78. The van der Waals surface area contributed by atoms with E-state index in [0.717, 1.165) is 42.0 Å². The molecule has 2 nitrogen and oxygen atoms in total. The highest BCUT2D eigenvalue weighted by molar-refractivity contribution is 7.99. The third kappa shape index (κ3) is 2.35. The van der Waals surface area contributed by atoms with Gasteiger partial charge in [-0.25, -0.2) is 0 Å². The van der Waals surface area contributed by atoms with Crippen molar-refractivity contribution in [1.82, 2.24) is 0 Å². The Bertz CT molecular complexity index is 517. The number of carbonyl (C=O) groups is 1. The second kappa shape index (κ2) is 5.61. The first kappa shape index (κ1) is 14.3. The summed E-state index contributed by atoms with van der Waals surface area (Å²) in [5.74, 6) is 2.16. The standard InChI is InChI=1S/C16H19ClO2S/c17-14-9-12(16(15(18)19)6-1-2-7-16)3-4-13(14)11-5-8-20-10-11/h3-4,9,11H,1-2,5-8,10H2,(H,18,19). The summed E-state index contributed by atoms with van der Waals surface area (Å²) in [7, 11) is 0. The maximum absolute atomic E-state index is 11.7. The molecule has 0 spiro atoms. The first-order chi connectivity index (χ1) is 9.63. The molecule has 2 fully saturated rings. The van der Waals surface area contributed by atoms with E-state index in [-0.39, 0.29) is 0 Å². The monoisotopic (exact) mass is 310 g/mol. The van der Waals surface area contributed by atoms with Crippen LogP contribution in [0, 0.1) is 0 Å². The highest BCUT2D eigenvalue weighted by atomic mass is 35.5. The molecule has 1 atom stereocenters. The van der Waals surface area contributed by atoms with Gasteiger partial charge in [-0.2, -0.15) is 11.8 Å². The number of hydrogen-bond donors (Lipinski definition) is 1. The van der Waals surface area contributed by atoms with Crippen molar-refractivity contribution in [2.45, 2.75) is 43.4 Å². The highest BCUT2D eigenvalue weighted by Crippen LogP contribution is 2.44. The van der Waals surface area contributed by atoms with Crippen LogP contribution in [0.3, 0.4) is 0 Å². The second-order valence-corrected chi connectivity index (χ2v) is 7.45. The van der Waals surface area contributed by atoms with Gasteiger partial charge in [0, 0.05) is 10.8 Å². The number of benzene rings is 1. The SMILES string of the molecule is O=C(O)C1(c2ccc(C3CCSC3)c(Cl)c2)CCCC1. The fourth-order valence-corrected chi connectivity index (χ4v) is 5.12. The molecule has 1 saturated carbocycles. The summed E-state index contributed by atoms with van der Waals surface area (Å²) < 4.78 is 0. The summed E-state index contributed by atoms with van der Waals surface area (Å²) in [4.78, 5) is 11.7. The third-order valence-electron chi connectivity index (χ3n) is 4.79. The van der Waals surface area contributed by atoms with Gasteiger partial charge in [0.05, 0.1) is 5.41 Å². The predicted molar refractivity (Wildman–Crippen MR) is 83.9 cm³/mol. The van der Waals surface area contributed by atoms with Gasteiger partial charge in [-0.05, 0) is 48.1 Å². The average Bonchev–Trinajstić information content (AvgIpc) is 3.11. The molecule has 1 aromatic rings. The summed E-state index contributed by atoms with van der Waals surface area (Å²) in [6, 6.07) is 5.99. The number of rotatable bonds is 3. The fraction of sp³-hybridized carbons (Fsp3) is 0.562. The summed E-state index contributed by atoms with van der Waals surface area (Å²) in [6.07, 6.45) is 4.62. The summed E-state index contributed by atoms with van der Waals surface area (Å²) in [6.45, 7) is 0. The average molecular weight is 311 g/mol. The van der Waals surface area contributed by atoms with Gasteiger partial charge >= 0.3 is 5.97 Å². The Labute approximate surface area is 128 Å². The van der Waals surface area contributed by atoms with E-state index in [9.17, 15) is 9.90 Å². The van der Waals surface area contributed by atoms with Crippen LogP contribution in [0.2, 0.25) is 5.02 Å². The summed E-state index contributed by atoms with van der Waals surface area (Å²) in [5, 5.41) is 10.4. The van der Waals surface area contributed by atoms with E-state index in [0.29, 0.717) is 5.92 Å². The second-order valence-electron chi connectivity index (χ2n) is 5.89. The van der Waals surface area contributed by atoms with E-state index in [1.165, 1.54) is 17.7 Å². The first-order valence-electron chi connectivity index (χ1n) is 7.24. The van der Waals surface area contributed by atoms with Crippen molar-refractivity contribution in [3.05, 3.63) is 34.3 Å². The molecule has 0 aromatic heterocycles. The molecule has 1 aliphatic carbocycles. The van der Waals surface area contributed by atoms with E-state index in [1.54, 1.807) is 0 Å². The molecule has 108 valence electrons. The number of carboxylic acid groups (broad SMARTS) is 1. The zero-order valence-electron chi connectivity index (χ0n) is 11.4. The van der Waals surface area contributed by atoms with Crippen molar-refractivity contribution in [2.75, 3.05) is 11.5 Å². The summed E-state index contributed by atoms with van der Waals surface area (Å²) >= 11 is 8.42. The Morgan fingerprint density at radius 3 is 2.65 bits per heavy atom. The molecule has 0 amide bonds. The fourth-order valence-electron chi connectivity index (χ4n) is 3.54. The maximum atomic E-state index is 11.7. The van der Waals surface area contributed by atoms with Gasteiger partial charge in [-0.1, -0.05) is 36.6 Å². The van der Waals surface area contributed by atoms with Gasteiger partial charge in [0.25, 0.3) is 0 Å². The molecule has 4 heteroatoms. The van der Waals surface area contributed by atoms with Gasteiger partial charge in [-0.15, -0.1) is 0 Å². The normalized spacial score (nSPS) is 24.9. The Balaban J connectivity index is 1.95. The molecule has 0 radical (unpaired) electrons. The lowest BCUT2D eigenvalue weighted by Gasteiger charge is -2.25. The van der Waals surface area contributed by atoms with Crippen molar-refractivity contribution < 1.29 is 9.90 Å². The molecular weight excluding hydrogens is 292 g/mol. The number of halogens is 1. The zero-order chi connectivity index (χ0) is 14.2. The molecule has 0 bridgehead atoms. The van der Waals surface area contributed by atoms with Crippen molar-refractivity contribution in [3.63, 3.8) is 0 Å². The number of hydrogen-bond acceptors (Lipinski definition) is 2. The highest BCUT2D eigenvalue weighted by Gasteiger charge is 2.43. The smallest absolute Gasteiger partial charge is 0.314 e. The van der Waals surface area contributed by atoms with Gasteiger partial charge in [0.15, 0.2) is 0 Å². The molecular formula is C16H19ClO2S. The Kier molecular flexibility index (Phi) is 4.00. The molecule has 1 heterocycles. The van der Waals surface area contributed by atoms with Gasteiger partial charge < -0.3 is 5.11 Å². The summed E-state index contributed by atoms with van der Waals surface area (Å²) in [5.41, 5.74) is 1.38. The zero-order valence-corrected chi connectivity index (χ0v) is 13.0. The number of aliphatic carboxylic acids is 1. The maximum Gasteiger partial charge on any atom is 0.314 e. The predicted octanol–water partition coefficient (Wildman–Crippen LogP) is 4.46. The van der Waals surface area contributed by atoms with Crippen LogP contribution in [0.25, 0.3) is 0 Å². The molecule has 1 N–H and O–H groups in total. The number of carboxylic acids is 1. The van der Waals surface area contributed by atoms with Crippen molar-refractivity contribution in [3.8, 4) is 0 Å². The quantitative estimate of drug-likeness (QED) is 0.895. The van der Waals surface area contributed by atoms with Gasteiger partial charge in [0.2, 0.25) is 0 Å². The lowest BCUT2D eigenvalue weighted by molar-refractivity contribution is -0.143. The van der Waals surface area contributed by atoms with Crippen LogP contribution in [0.5, 0.6) is 0 Å². The minimum atomic E-state index is -0.702. The van der Waals surface area contributed by atoms with E-state index >= 15 is 0 Å². The van der Waals surface area contributed by atoms with Crippen molar-refractivity contribution in [1.29, 1.82) is 0 Å². The largest absolute Gasteiger partial charge is 0.481 e. The Morgan fingerprint density at radius 1 is 1.35 bits per heavy atom. The Hall–Kier alpha value is -0.670. The minimum absolute atomic E-state index is 0.533. The molecule has 3 rings (SSSR count). The number of thioether (sulfide) groups is 1. The van der Waals surface area contributed by atoms with Crippen molar-refractivity contribution in [2.24, 2.45) is 0 Å². The van der Waals surface area contributed by atoms with Crippen molar-refractivity contribution >= 4 is 29.3 Å². The van der Waals surface area contributed by atoms with E-state index in [4.69, 9.17) is 11.6 Å². The topological polar surface area (TPSA) is 37.3 Å². The van der Waals surface area contributed by atoms with Crippen LogP contribution in [-0.4, -0.2) is 22.6 Å². The van der Waals surface area contributed by atoms with Gasteiger partial charge in [-0.3, -0.25) is 4.79 Å². The van der Waals surface area contributed by atoms with E-state index in [2.05, 4.69) is 6.07 Å². The van der Waals surface area contributed by atoms with Crippen LogP contribution < -0.4 is 0 Å². The lowest BCUT2D eigenvalue weighted by Crippen LogP contribution is -2.32. The third-order valence-corrected chi connectivity index (χ3v) is 6.28. The van der Waals surface area contributed by atoms with Crippen LogP contribution in [0.15, 0.2) is 18.2 Å².